The number of aromatic carboxylic acids is 1. The SMILES string of the molecule is COC(=O)C1CCCN1Cc1ccc(C(=O)O)nc1.Cl.Cl. The predicted octanol–water partition coefficient (Wildman–Crippen LogP) is 1.76. The van der Waals surface area contributed by atoms with Crippen molar-refractivity contribution in [3.05, 3.63) is 29.6 Å². The highest BCUT2D eigenvalue weighted by atomic mass is 35.5. The number of carbonyl (C=O) groups is 2. The molecule has 1 N–H and O–H groups in total. The molecule has 118 valence electrons. The number of carboxylic acid groups (broad SMARTS) is 1. The molecule has 1 saturated heterocycles. The number of methoxy groups -OCH3 is 1. The fraction of sp³-hybridized carbons (Fsp3) is 0.462. The summed E-state index contributed by atoms with van der Waals surface area (Å²) in [6.45, 7) is 1.41. The Hall–Kier alpha value is -1.37. The molecule has 8 heteroatoms. The maximum atomic E-state index is 11.6. The number of hydrogen-bond acceptors (Lipinski definition) is 5. The van der Waals surface area contributed by atoms with Crippen molar-refractivity contribution < 1.29 is 19.4 Å². The largest absolute Gasteiger partial charge is 0.477 e. The van der Waals surface area contributed by atoms with Gasteiger partial charge in [0.15, 0.2) is 0 Å². The van der Waals surface area contributed by atoms with Crippen LogP contribution in [0.3, 0.4) is 0 Å². The Balaban J connectivity index is 0.00000200. The monoisotopic (exact) mass is 336 g/mol. The van der Waals surface area contributed by atoms with Crippen LogP contribution in [0.15, 0.2) is 18.3 Å². The summed E-state index contributed by atoms with van der Waals surface area (Å²) < 4.78 is 4.78. The number of likely N-dealkylation sites (tertiary alicyclic amines) is 1. The van der Waals surface area contributed by atoms with Gasteiger partial charge in [-0.05, 0) is 31.0 Å². The second kappa shape index (κ2) is 8.81. The zero-order valence-corrected chi connectivity index (χ0v) is 13.2. The molecule has 1 fully saturated rings. The average Bonchev–Trinajstić information content (AvgIpc) is 2.86. The quantitative estimate of drug-likeness (QED) is 0.844. The Bertz CT molecular complexity index is 482. The molecule has 1 aromatic rings. The van der Waals surface area contributed by atoms with Crippen molar-refractivity contribution in [2.75, 3.05) is 13.7 Å². The molecular weight excluding hydrogens is 319 g/mol. The summed E-state index contributed by atoms with van der Waals surface area (Å²) in [6.07, 6.45) is 3.30. The van der Waals surface area contributed by atoms with E-state index in [-0.39, 0.29) is 42.5 Å². The molecule has 0 aromatic carbocycles. The number of hydrogen-bond donors (Lipinski definition) is 1. The maximum absolute atomic E-state index is 11.6. The first-order valence-electron chi connectivity index (χ1n) is 6.12. The molecule has 0 saturated carbocycles. The highest BCUT2D eigenvalue weighted by Gasteiger charge is 2.31. The number of carboxylic acids is 1. The summed E-state index contributed by atoms with van der Waals surface area (Å²) in [5.41, 5.74) is 0.912. The van der Waals surface area contributed by atoms with E-state index in [1.54, 1.807) is 6.07 Å². The molecule has 1 aromatic heterocycles. The number of carbonyl (C=O) groups excluding carboxylic acids is 1. The van der Waals surface area contributed by atoms with Gasteiger partial charge in [0.2, 0.25) is 0 Å². The number of nitrogens with zero attached hydrogens (tertiary/aromatic N) is 2. The van der Waals surface area contributed by atoms with E-state index in [1.165, 1.54) is 19.4 Å². The lowest BCUT2D eigenvalue weighted by Crippen LogP contribution is -2.36. The lowest BCUT2D eigenvalue weighted by Gasteiger charge is -2.22. The first-order valence-corrected chi connectivity index (χ1v) is 6.12. The van der Waals surface area contributed by atoms with Gasteiger partial charge in [-0.3, -0.25) is 9.69 Å². The van der Waals surface area contributed by atoms with Crippen LogP contribution in [0.2, 0.25) is 0 Å². The molecule has 1 atom stereocenters. The lowest BCUT2D eigenvalue weighted by atomic mass is 10.2. The van der Waals surface area contributed by atoms with Gasteiger partial charge in [-0.15, -0.1) is 24.8 Å². The molecule has 0 amide bonds. The zero-order valence-electron chi connectivity index (χ0n) is 11.5. The lowest BCUT2D eigenvalue weighted by molar-refractivity contribution is -0.146. The summed E-state index contributed by atoms with van der Waals surface area (Å²) in [5.74, 6) is -1.26. The average molecular weight is 337 g/mol. The summed E-state index contributed by atoms with van der Waals surface area (Å²) >= 11 is 0. The van der Waals surface area contributed by atoms with Crippen molar-refractivity contribution >= 4 is 36.8 Å². The van der Waals surface area contributed by atoms with E-state index in [4.69, 9.17) is 9.84 Å². The number of aromatic nitrogens is 1. The third kappa shape index (κ3) is 4.84. The zero-order chi connectivity index (χ0) is 13.8. The number of pyridine rings is 1. The smallest absolute Gasteiger partial charge is 0.354 e. The van der Waals surface area contributed by atoms with Crippen molar-refractivity contribution in [1.29, 1.82) is 0 Å². The normalized spacial score (nSPS) is 17.5. The Morgan fingerprint density at radius 3 is 2.67 bits per heavy atom. The minimum Gasteiger partial charge on any atom is -0.477 e. The summed E-state index contributed by atoms with van der Waals surface area (Å²) in [4.78, 5) is 28.2. The van der Waals surface area contributed by atoms with Crippen LogP contribution in [-0.2, 0) is 16.1 Å². The van der Waals surface area contributed by atoms with Crippen molar-refractivity contribution in [2.24, 2.45) is 0 Å². The number of halogens is 2. The van der Waals surface area contributed by atoms with Crippen LogP contribution in [-0.4, -0.2) is 46.6 Å². The predicted molar refractivity (Wildman–Crippen MR) is 81.1 cm³/mol. The van der Waals surface area contributed by atoms with Gasteiger partial charge in [0.25, 0.3) is 0 Å². The fourth-order valence-electron chi connectivity index (χ4n) is 2.30. The number of esters is 1. The highest BCUT2D eigenvalue weighted by molar-refractivity contribution is 5.86. The van der Waals surface area contributed by atoms with Gasteiger partial charge in [0, 0.05) is 12.7 Å². The van der Waals surface area contributed by atoms with Crippen molar-refractivity contribution in [2.45, 2.75) is 25.4 Å². The van der Waals surface area contributed by atoms with Gasteiger partial charge in [-0.2, -0.15) is 0 Å². The van der Waals surface area contributed by atoms with Crippen molar-refractivity contribution in [3.63, 3.8) is 0 Å². The van der Waals surface area contributed by atoms with Gasteiger partial charge in [0.05, 0.1) is 7.11 Å². The van der Waals surface area contributed by atoms with Gasteiger partial charge >= 0.3 is 11.9 Å². The minimum atomic E-state index is -1.04. The summed E-state index contributed by atoms with van der Waals surface area (Å²) in [6, 6.07) is 2.99. The van der Waals surface area contributed by atoms with E-state index in [1.807, 2.05) is 4.90 Å². The Kier molecular flexibility index (Phi) is 8.24. The second-order valence-corrected chi connectivity index (χ2v) is 4.51. The standard InChI is InChI=1S/C13H16N2O4.2ClH/c1-19-13(18)11-3-2-6-15(11)8-9-4-5-10(12(16)17)14-7-9;;/h4-5,7,11H,2-3,6,8H2,1H3,(H,16,17);2*1H. The van der Waals surface area contributed by atoms with Gasteiger partial charge < -0.3 is 9.84 Å². The van der Waals surface area contributed by atoms with E-state index in [0.29, 0.717) is 6.54 Å². The van der Waals surface area contributed by atoms with Crippen LogP contribution < -0.4 is 0 Å². The molecule has 1 unspecified atom stereocenters. The molecule has 1 aliphatic rings. The Labute approximate surface area is 135 Å². The van der Waals surface area contributed by atoms with Gasteiger partial charge in [-0.1, -0.05) is 6.07 Å². The Morgan fingerprint density at radius 1 is 1.43 bits per heavy atom. The van der Waals surface area contributed by atoms with Crippen molar-refractivity contribution in [1.82, 2.24) is 9.88 Å². The minimum absolute atomic E-state index is 0. The van der Waals surface area contributed by atoms with Crippen LogP contribution in [0.4, 0.5) is 0 Å². The van der Waals surface area contributed by atoms with Crippen LogP contribution in [0.5, 0.6) is 0 Å². The third-order valence-electron chi connectivity index (χ3n) is 3.27. The van der Waals surface area contributed by atoms with Gasteiger partial charge in [-0.25, -0.2) is 9.78 Å². The van der Waals surface area contributed by atoms with Crippen LogP contribution in [0.1, 0.15) is 28.9 Å². The van der Waals surface area contributed by atoms with Crippen LogP contribution >= 0.6 is 24.8 Å². The molecular formula is C13H18Cl2N2O4. The number of ether oxygens (including phenoxy) is 1. The maximum Gasteiger partial charge on any atom is 0.354 e. The summed E-state index contributed by atoms with van der Waals surface area (Å²) in [5, 5.41) is 8.77. The summed E-state index contributed by atoms with van der Waals surface area (Å²) in [7, 11) is 1.39. The Morgan fingerprint density at radius 2 is 2.14 bits per heavy atom. The molecule has 21 heavy (non-hydrogen) atoms. The van der Waals surface area contributed by atoms with E-state index < -0.39 is 5.97 Å². The van der Waals surface area contributed by atoms with Gasteiger partial charge in [0.1, 0.15) is 11.7 Å². The van der Waals surface area contributed by atoms with E-state index in [9.17, 15) is 9.59 Å². The highest BCUT2D eigenvalue weighted by Crippen LogP contribution is 2.20. The van der Waals surface area contributed by atoms with Crippen LogP contribution in [0.25, 0.3) is 0 Å². The third-order valence-corrected chi connectivity index (χ3v) is 3.27. The molecule has 0 radical (unpaired) electrons. The molecule has 0 spiro atoms. The molecule has 1 aliphatic heterocycles. The molecule has 2 rings (SSSR count). The van der Waals surface area contributed by atoms with E-state index >= 15 is 0 Å². The first-order chi connectivity index (χ1) is 9.11. The molecule has 2 heterocycles. The van der Waals surface area contributed by atoms with Crippen molar-refractivity contribution in [3.8, 4) is 0 Å². The topological polar surface area (TPSA) is 79.7 Å². The van der Waals surface area contributed by atoms with E-state index in [0.717, 1.165) is 24.9 Å². The van der Waals surface area contributed by atoms with Crippen LogP contribution in [0, 0.1) is 0 Å². The van der Waals surface area contributed by atoms with E-state index in [2.05, 4.69) is 4.98 Å². The number of rotatable bonds is 4. The molecule has 6 nitrogen and oxygen atoms in total. The molecule has 0 bridgehead atoms. The molecule has 0 aliphatic carbocycles. The fourth-order valence-corrected chi connectivity index (χ4v) is 2.30. The second-order valence-electron chi connectivity index (χ2n) is 4.51. The first kappa shape index (κ1) is 19.6.